The van der Waals surface area contributed by atoms with Crippen LogP contribution in [0.15, 0.2) is 239 Å². The predicted octanol–water partition coefficient (Wildman–Crippen LogP) is 19.0. The molecule has 0 radical (unpaired) electrons. The summed E-state index contributed by atoms with van der Waals surface area (Å²) >= 11 is 0. The molecule has 86 heavy (non-hydrogen) atoms. The topological polar surface area (TPSA) is 172 Å². The van der Waals surface area contributed by atoms with E-state index in [0.29, 0.717) is 102 Å². The standard InChI is InChI=1S/C76H58N6O4/c1-47(2)55-29-19-31-61-63(41-55)73(75(83)85-5)69(51-25-15-9-16-26-51)71(61)67(49-21-11-7-12-22-49)65(57(43-77)44-78)53-33-37-59(38-34-53)81-82-60-39-35-54(36-40-60)66(58(45-79)46-80)68(50-23-13-8-14-24-50)72-62-32-20-30-56(48(3)4)42-64(62)74(76(84)86-6)70(72)52-27-17-10-18-28-52/h9-42,47-48H,7-8H2,1-6H3. The number of fused-ring (bicyclic) bond motifs is 2. The first-order valence-corrected chi connectivity index (χ1v) is 28.3. The Balaban J connectivity index is 1.09. The molecular formula is C76H58N6O4. The Morgan fingerprint density at radius 3 is 1.09 bits per heavy atom. The van der Waals surface area contributed by atoms with Crippen molar-refractivity contribution in [3.63, 3.8) is 0 Å². The zero-order chi connectivity index (χ0) is 60.4. The van der Waals surface area contributed by atoms with Gasteiger partial charge in [0, 0.05) is 33.4 Å². The lowest BCUT2D eigenvalue weighted by Crippen LogP contribution is -2.04. The zero-order valence-corrected chi connectivity index (χ0v) is 48.5. The molecule has 0 fully saturated rings. The van der Waals surface area contributed by atoms with Crippen molar-refractivity contribution in [1.29, 1.82) is 21.0 Å². The third kappa shape index (κ3) is 11.3. The fourth-order valence-electron chi connectivity index (χ4n) is 11.4. The van der Waals surface area contributed by atoms with Crippen LogP contribution >= 0.6 is 0 Å². The fraction of sp³-hybridized carbons (Fsp3) is 0.132. The second-order valence-corrected chi connectivity index (χ2v) is 21.3. The Morgan fingerprint density at radius 1 is 0.430 bits per heavy atom. The number of carbonyl (C=O) groups excluding carboxylic acids is 2. The van der Waals surface area contributed by atoms with E-state index in [1.165, 1.54) is 14.2 Å². The molecule has 10 nitrogen and oxygen atoms in total. The SMILES string of the molecule is COC(=O)c1c2cc(C(C)C)cccc-2c(C(=C2C=CCC=C2)C(=C(C#N)C#N)c2ccc(N=Nc3ccc(C(=C(C#N)C#N)C(=C4C=CCC=C4)c4c5cccc(C(C)C)cc-5c(C(=O)OC)c4-c4ccccc4)cc3)cc2)c1-c1ccccc1. The minimum Gasteiger partial charge on any atom is -0.465 e. The van der Waals surface area contributed by atoms with Gasteiger partial charge >= 0.3 is 11.9 Å². The quantitative estimate of drug-likeness (QED) is 0.0588. The molecule has 6 aliphatic rings. The Hall–Kier alpha value is -11.3. The monoisotopic (exact) mass is 1120 g/mol. The predicted molar refractivity (Wildman–Crippen MR) is 341 cm³/mol. The van der Waals surface area contributed by atoms with E-state index in [-0.39, 0.29) is 23.0 Å². The number of allylic oxidation sites excluding steroid dienone is 16. The van der Waals surface area contributed by atoms with Crippen LogP contribution in [0.3, 0.4) is 0 Å². The molecule has 4 aromatic carbocycles. The number of methoxy groups -OCH3 is 2. The van der Waals surface area contributed by atoms with E-state index in [0.717, 1.165) is 44.5 Å². The molecular weight excluding hydrogens is 1060 g/mol. The summed E-state index contributed by atoms with van der Waals surface area (Å²) in [6.07, 6.45) is 17.4. The highest BCUT2D eigenvalue weighted by Gasteiger charge is 2.36. The van der Waals surface area contributed by atoms with Gasteiger partial charge in [-0.1, -0.05) is 198 Å². The molecule has 0 N–H and O–H groups in total. The summed E-state index contributed by atoms with van der Waals surface area (Å²) in [5, 5.41) is 52.7. The third-order valence-electron chi connectivity index (χ3n) is 15.5. The summed E-state index contributed by atoms with van der Waals surface area (Å²) in [5.41, 5.74) is 14.8. The zero-order valence-electron chi connectivity index (χ0n) is 48.5. The summed E-state index contributed by atoms with van der Waals surface area (Å²) < 4.78 is 11.1. The van der Waals surface area contributed by atoms with Gasteiger partial charge in [-0.15, -0.1) is 0 Å². The second-order valence-electron chi connectivity index (χ2n) is 21.3. The molecule has 0 amide bonds. The molecule has 416 valence electrons. The van der Waals surface area contributed by atoms with Crippen molar-refractivity contribution in [2.45, 2.75) is 52.4 Å². The van der Waals surface area contributed by atoms with Crippen LogP contribution in [-0.2, 0) is 9.47 Å². The second kappa shape index (κ2) is 25.9. The van der Waals surface area contributed by atoms with Gasteiger partial charge in [0.15, 0.2) is 0 Å². The molecule has 0 unspecified atom stereocenters. The lowest BCUT2D eigenvalue weighted by Gasteiger charge is -2.20. The number of hydrogen-bond donors (Lipinski definition) is 0. The molecule has 0 atom stereocenters. The highest BCUT2D eigenvalue weighted by Crippen LogP contribution is 2.54. The normalized spacial score (nSPS) is 12.4. The molecule has 6 aliphatic carbocycles. The number of hydrogen-bond acceptors (Lipinski definition) is 10. The van der Waals surface area contributed by atoms with Crippen molar-refractivity contribution < 1.29 is 19.1 Å². The molecule has 0 aliphatic heterocycles. The van der Waals surface area contributed by atoms with E-state index in [9.17, 15) is 30.6 Å². The van der Waals surface area contributed by atoms with Gasteiger partial charge < -0.3 is 9.47 Å². The average molecular weight is 1120 g/mol. The Bertz CT molecular complexity index is 4060. The van der Waals surface area contributed by atoms with Crippen molar-refractivity contribution >= 4 is 45.6 Å². The lowest BCUT2D eigenvalue weighted by atomic mass is 9.82. The van der Waals surface area contributed by atoms with Crippen LogP contribution in [0.4, 0.5) is 11.4 Å². The first-order valence-electron chi connectivity index (χ1n) is 28.3. The molecule has 0 spiro atoms. The largest absolute Gasteiger partial charge is 0.465 e. The van der Waals surface area contributed by atoms with Gasteiger partial charge in [0.1, 0.15) is 35.4 Å². The van der Waals surface area contributed by atoms with Gasteiger partial charge in [-0.05, 0) is 139 Å². The number of nitriles is 4. The van der Waals surface area contributed by atoms with Crippen LogP contribution in [0, 0.1) is 45.3 Å². The summed E-state index contributed by atoms with van der Waals surface area (Å²) in [6, 6.07) is 58.4. The molecule has 10 heteroatoms. The summed E-state index contributed by atoms with van der Waals surface area (Å²) in [5.74, 6) is -0.791. The first kappa shape index (κ1) is 57.9. The number of rotatable bonds is 14. The maximum atomic E-state index is 14.3. The van der Waals surface area contributed by atoms with Crippen LogP contribution in [0.1, 0.15) is 106 Å². The summed E-state index contributed by atoms with van der Waals surface area (Å²) in [6.45, 7) is 8.39. The van der Waals surface area contributed by atoms with Crippen molar-refractivity contribution in [3.8, 4) is 68.8 Å². The average Bonchev–Trinajstić information content (AvgIpc) is 3.89. The van der Waals surface area contributed by atoms with E-state index >= 15 is 0 Å². The van der Waals surface area contributed by atoms with Gasteiger partial charge in [0.2, 0.25) is 0 Å². The first-order chi connectivity index (χ1) is 41.9. The van der Waals surface area contributed by atoms with Gasteiger partial charge in [-0.2, -0.15) is 31.3 Å². The Labute approximate surface area is 502 Å². The van der Waals surface area contributed by atoms with Crippen molar-refractivity contribution in [2.24, 2.45) is 10.2 Å². The van der Waals surface area contributed by atoms with Crippen LogP contribution in [0.25, 0.3) is 66.8 Å². The fourth-order valence-corrected chi connectivity index (χ4v) is 11.4. The minimum absolute atomic E-state index is 0.125. The summed E-state index contributed by atoms with van der Waals surface area (Å²) in [7, 11) is 2.74. The molecule has 0 bridgehead atoms. The van der Waals surface area contributed by atoms with E-state index in [1.54, 1.807) is 24.3 Å². The highest BCUT2D eigenvalue weighted by molar-refractivity contribution is 6.22. The van der Waals surface area contributed by atoms with Crippen LogP contribution in [0.5, 0.6) is 0 Å². The molecule has 0 saturated heterocycles. The van der Waals surface area contributed by atoms with Gasteiger partial charge in [-0.3, -0.25) is 0 Å². The highest BCUT2D eigenvalue weighted by atomic mass is 16.5. The lowest BCUT2D eigenvalue weighted by molar-refractivity contribution is 0.0594. The molecule has 0 aromatic heterocycles. The Morgan fingerprint density at radius 2 is 0.779 bits per heavy atom. The number of esters is 2. The van der Waals surface area contributed by atoms with E-state index < -0.39 is 11.9 Å². The molecule has 0 heterocycles. The molecule has 10 rings (SSSR count). The smallest absolute Gasteiger partial charge is 0.339 e. The number of nitrogens with zero attached hydrogens (tertiary/aromatic N) is 6. The van der Waals surface area contributed by atoms with Gasteiger partial charge in [-0.25, -0.2) is 9.59 Å². The van der Waals surface area contributed by atoms with Crippen molar-refractivity contribution in [3.05, 3.63) is 273 Å². The summed E-state index contributed by atoms with van der Waals surface area (Å²) in [4.78, 5) is 28.5. The number of benzene rings is 4. The van der Waals surface area contributed by atoms with Crippen molar-refractivity contribution in [2.75, 3.05) is 14.2 Å². The number of ether oxygens (including phenoxy) is 2. The van der Waals surface area contributed by atoms with Crippen LogP contribution in [0.2, 0.25) is 0 Å². The van der Waals surface area contributed by atoms with Crippen LogP contribution < -0.4 is 0 Å². The van der Waals surface area contributed by atoms with Gasteiger partial charge in [0.05, 0.1) is 36.7 Å². The van der Waals surface area contributed by atoms with Crippen LogP contribution in [-0.4, -0.2) is 26.2 Å². The van der Waals surface area contributed by atoms with E-state index in [2.05, 4.69) is 62.2 Å². The Kier molecular flexibility index (Phi) is 17.4. The molecule has 0 saturated carbocycles. The van der Waals surface area contributed by atoms with Gasteiger partial charge in [0.25, 0.3) is 0 Å². The maximum absolute atomic E-state index is 14.3. The number of azo groups is 1. The minimum atomic E-state index is -0.521. The number of carbonyl (C=O) groups is 2. The van der Waals surface area contributed by atoms with E-state index in [4.69, 9.17) is 9.47 Å². The third-order valence-corrected chi connectivity index (χ3v) is 15.5. The maximum Gasteiger partial charge on any atom is 0.339 e. The van der Waals surface area contributed by atoms with Crippen molar-refractivity contribution in [1.82, 2.24) is 0 Å². The van der Waals surface area contributed by atoms with E-state index in [1.807, 2.05) is 182 Å². The molecule has 4 aromatic rings.